The summed E-state index contributed by atoms with van der Waals surface area (Å²) in [6, 6.07) is 19.8. The van der Waals surface area contributed by atoms with Crippen molar-refractivity contribution in [1.82, 2.24) is 15.2 Å². The van der Waals surface area contributed by atoms with Crippen LogP contribution in [0.1, 0.15) is 52.1 Å². The number of pyridine rings is 1. The molecule has 2 saturated carbocycles. The van der Waals surface area contributed by atoms with E-state index in [-0.39, 0.29) is 17.9 Å². The number of aromatic nitrogens is 1. The molecule has 146 valence electrons. The molecule has 0 atom stereocenters. The van der Waals surface area contributed by atoms with E-state index in [0.29, 0.717) is 23.8 Å². The number of para-hydroxylation sites is 1. The normalized spacial score (nSPS) is 15.9. The van der Waals surface area contributed by atoms with Crippen molar-refractivity contribution in [3.05, 3.63) is 77.5 Å². The lowest BCUT2D eigenvalue weighted by Gasteiger charge is -2.22. The van der Waals surface area contributed by atoms with Gasteiger partial charge < -0.3 is 10.2 Å². The average molecular weight is 385 g/mol. The highest BCUT2D eigenvalue weighted by molar-refractivity contribution is 5.96. The molecule has 29 heavy (non-hydrogen) atoms. The third kappa shape index (κ3) is 3.99. The number of rotatable bonds is 6. The molecular weight excluding hydrogens is 362 g/mol. The van der Waals surface area contributed by atoms with Gasteiger partial charge in [0.05, 0.1) is 5.52 Å². The van der Waals surface area contributed by atoms with Crippen LogP contribution in [-0.2, 0) is 6.54 Å². The molecule has 0 bridgehead atoms. The van der Waals surface area contributed by atoms with Gasteiger partial charge >= 0.3 is 0 Å². The van der Waals surface area contributed by atoms with Gasteiger partial charge in [-0.05, 0) is 55.5 Å². The number of hydrogen-bond donors (Lipinski definition) is 1. The van der Waals surface area contributed by atoms with Crippen molar-refractivity contribution >= 4 is 22.7 Å². The topological polar surface area (TPSA) is 62.3 Å². The molecule has 5 nitrogen and oxygen atoms in total. The molecule has 2 aromatic carbocycles. The molecule has 2 aliphatic carbocycles. The van der Waals surface area contributed by atoms with E-state index in [4.69, 9.17) is 0 Å². The van der Waals surface area contributed by atoms with Crippen molar-refractivity contribution in [3.8, 4) is 0 Å². The van der Waals surface area contributed by atoms with Gasteiger partial charge in [0, 0.05) is 29.6 Å². The third-order valence-corrected chi connectivity index (χ3v) is 5.55. The smallest absolute Gasteiger partial charge is 0.273 e. The Kier molecular flexibility index (Phi) is 4.51. The van der Waals surface area contributed by atoms with Gasteiger partial charge in [0.15, 0.2) is 0 Å². The third-order valence-electron chi connectivity index (χ3n) is 5.55. The van der Waals surface area contributed by atoms with E-state index < -0.39 is 0 Å². The van der Waals surface area contributed by atoms with E-state index in [1.54, 1.807) is 0 Å². The summed E-state index contributed by atoms with van der Waals surface area (Å²) in [5, 5.41) is 4.03. The second kappa shape index (κ2) is 7.32. The quantitative estimate of drug-likeness (QED) is 0.699. The Bertz CT molecular complexity index is 1070. The van der Waals surface area contributed by atoms with Gasteiger partial charge in [0.25, 0.3) is 11.8 Å². The number of amides is 2. The summed E-state index contributed by atoms with van der Waals surface area (Å²) in [6.07, 6.45) is 4.21. The minimum Gasteiger partial charge on any atom is -0.349 e. The predicted molar refractivity (Wildman–Crippen MR) is 112 cm³/mol. The largest absolute Gasteiger partial charge is 0.349 e. The maximum atomic E-state index is 13.2. The summed E-state index contributed by atoms with van der Waals surface area (Å²) >= 11 is 0. The van der Waals surface area contributed by atoms with Gasteiger partial charge in [-0.15, -0.1) is 0 Å². The van der Waals surface area contributed by atoms with Gasteiger partial charge in [0.2, 0.25) is 0 Å². The summed E-state index contributed by atoms with van der Waals surface area (Å²) in [4.78, 5) is 31.8. The van der Waals surface area contributed by atoms with Crippen LogP contribution in [0, 0.1) is 0 Å². The first kappa shape index (κ1) is 17.9. The summed E-state index contributed by atoms with van der Waals surface area (Å²) in [5.74, 6) is -0.0525. The lowest BCUT2D eigenvalue weighted by molar-refractivity contribution is 0.0724. The number of carbonyl (C=O) groups excluding carboxylic acids is 2. The SMILES string of the molecule is O=C(NC1CC1)c1ccc(CN(C(=O)c2ccc3ccccc3n2)C2CC2)cc1. The second-order valence-electron chi connectivity index (χ2n) is 8.00. The van der Waals surface area contributed by atoms with Crippen LogP contribution >= 0.6 is 0 Å². The molecule has 2 aliphatic rings. The van der Waals surface area contributed by atoms with Crippen LogP contribution in [0.4, 0.5) is 0 Å². The average Bonchev–Trinajstić information content (AvgIpc) is 3.67. The minimum atomic E-state index is -0.0335. The Morgan fingerprint density at radius 2 is 1.69 bits per heavy atom. The molecule has 0 radical (unpaired) electrons. The molecule has 5 rings (SSSR count). The molecule has 5 heteroatoms. The van der Waals surface area contributed by atoms with Gasteiger partial charge in [-0.3, -0.25) is 9.59 Å². The lowest BCUT2D eigenvalue weighted by atomic mass is 10.1. The molecule has 0 aliphatic heterocycles. The number of nitrogens with zero attached hydrogens (tertiary/aromatic N) is 2. The van der Waals surface area contributed by atoms with Gasteiger partial charge in [-0.1, -0.05) is 36.4 Å². The van der Waals surface area contributed by atoms with E-state index in [0.717, 1.165) is 42.1 Å². The molecule has 3 aromatic rings. The van der Waals surface area contributed by atoms with Crippen molar-refractivity contribution in [2.45, 2.75) is 44.3 Å². The van der Waals surface area contributed by atoms with Crippen LogP contribution in [0.25, 0.3) is 10.9 Å². The molecule has 1 N–H and O–H groups in total. The van der Waals surface area contributed by atoms with Crippen LogP contribution in [0.5, 0.6) is 0 Å². The lowest BCUT2D eigenvalue weighted by Crippen LogP contribution is -2.33. The minimum absolute atomic E-state index is 0.0189. The van der Waals surface area contributed by atoms with Crippen LogP contribution in [-0.4, -0.2) is 33.8 Å². The van der Waals surface area contributed by atoms with Crippen LogP contribution < -0.4 is 5.32 Å². The van der Waals surface area contributed by atoms with Crippen molar-refractivity contribution in [1.29, 1.82) is 0 Å². The number of benzene rings is 2. The highest BCUT2D eigenvalue weighted by Gasteiger charge is 2.33. The molecule has 1 aromatic heterocycles. The first-order valence-electron chi connectivity index (χ1n) is 10.2. The number of nitrogens with one attached hydrogen (secondary N) is 1. The standard InChI is InChI=1S/C24H23N3O2/c28-23(25-19-10-11-19)18-7-5-16(6-8-18)15-27(20-12-13-20)24(29)22-14-9-17-3-1-2-4-21(17)26-22/h1-9,14,19-20H,10-13,15H2,(H,25,28). The van der Waals surface area contributed by atoms with Crippen molar-refractivity contribution in [3.63, 3.8) is 0 Å². The molecule has 0 saturated heterocycles. The molecule has 0 spiro atoms. The summed E-state index contributed by atoms with van der Waals surface area (Å²) in [7, 11) is 0. The Balaban J connectivity index is 1.33. The fourth-order valence-corrected chi connectivity index (χ4v) is 3.54. The Labute approximate surface area is 169 Å². The number of fused-ring (bicyclic) bond motifs is 1. The Morgan fingerprint density at radius 1 is 0.931 bits per heavy atom. The number of hydrogen-bond acceptors (Lipinski definition) is 3. The van der Waals surface area contributed by atoms with Crippen molar-refractivity contribution in [2.75, 3.05) is 0 Å². The first-order valence-corrected chi connectivity index (χ1v) is 10.2. The monoisotopic (exact) mass is 385 g/mol. The fourth-order valence-electron chi connectivity index (χ4n) is 3.54. The van der Waals surface area contributed by atoms with Gasteiger partial charge in [0.1, 0.15) is 5.69 Å². The number of carbonyl (C=O) groups is 2. The highest BCUT2D eigenvalue weighted by atomic mass is 16.2. The van der Waals surface area contributed by atoms with E-state index in [1.807, 2.05) is 65.6 Å². The summed E-state index contributed by atoms with van der Waals surface area (Å²) in [6.45, 7) is 0.530. The van der Waals surface area contributed by atoms with Crippen LogP contribution in [0.2, 0.25) is 0 Å². The van der Waals surface area contributed by atoms with E-state index in [9.17, 15) is 9.59 Å². The summed E-state index contributed by atoms with van der Waals surface area (Å²) in [5.41, 5.74) is 3.01. The Morgan fingerprint density at radius 3 is 2.41 bits per heavy atom. The van der Waals surface area contributed by atoms with Crippen LogP contribution in [0.3, 0.4) is 0 Å². The van der Waals surface area contributed by atoms with E-state index >= 15 is 0 Å². The van der Waals surface area contributed by atoms with E-state index in [1.165, 1.54) is 0 Å². The maximum Gasteiger partial charge on any atom is 0.273 e. The maximum absolute atomic E-state index is 13.2. The second-order valence-corrected chi connectivity index (χ2v) is 8.00. The van der Waals surface area contributed by atoms with E-state index in [2.05, 4.69) is 10.3 Å². The van der Waals surface area contributed by atoms with Gasteiger partial charge in [-0.2, -0.15) is 0 Å². The predicted octanol–water partition coefficient (Wildman–Crippen LogP) is 3.93. The van der Waals surface area contributed by atoms with Gasteiger partial charge in [-0.25, -0.2) is 4.98 Å². The van der Waals surface area contributed by atoms with Crippen LogP contribution in [0.15, 0.2) is 60.7 Å². The first-order chi connectivity index (χ1) is 14.2. The van der Waals surface area contributed by atoms with Crippen molar-refractivity contribution in [2.24, 2.45) is 0 Å². The molecule has 0 unspecified atom stereocenters. The molecule has 1 heterocycles. The molecular formula is C24H23N3O2. The fraction of sp³-hybridized carbons (Fsp3) is 0.292. The molecule has 2 amide bonds. The van der Waals surface area contributed by atoms with Crippen molar-refractivity contribution < 1.29 is 9.59 Å². The zero-order valence-electron chi connectivity index (χ0n) is 16.2. The zero-order chi connectivity index (χ0) is 19.8. The highest BCUT2D eigenvalue weighted by Crippen LogP contribution is 2.30. The summed E-state index contributed by atoms with van der Waals surface area (Å²) < 4.78 is 0. The Hall–Kier alpha value is -3.21. The molecule has 2 fully saturated rings. The zero-order valence-corrected chi connectivity index (χ0v) is 16.2.